The van der Waals surface area contributed by atoms with Crippen LogP contribution in [-0.2, 0) is 26.7 Å². The van der Waals surface area contributed by atoms with E-state index in [1.807, 2.05) is 0 Å². The molecule has 2 bridgehead atoms. The quantitative estimate of drug-likeness (QED) is 0.605. The van der Waals surface area contributed by atoms with E-state index in [9.17, 15) is 13.2 Å². The number of rotatable bonds is 5. The number of piperidine rings is 3. The van der Waals surface area contributed by atoms with Gasteiger partial charge in [0.2, 0.25) is 5.91 Å². The van der Waals surface area contributed by atoms with Crippen molar-refractivity contribution in [3.63, 3.8) is 0 Å². The number of imidazole rings is 1. The monoisotopic (exact) mass is 467 g/mol. The standard InChI is InChI=1S/C20H31N5O3S.CH2O2/c1-23-12-19(22-13-23)29(27,28)24-10-15-8-16(11-24)18(9-21-20(26)14-5-6-14)25-7-3-2-4-17(15)25;2-1-3/h12-18H,2-11H2,1H3,(H,21,26);1H,(H,2,3)/t15-,16+,17+,18+;/m1./s1. The molecule has 3 aliphatic heterocycles. The van der Waals surface area contributed by atoms with Gasteiger partial charge in [0, 0.05) is 50.9 Å². The number of fused-ring (bicyclic) bond motifs is 4. The van der Waals surface area contributed by atoms with E-state index in [1.54, 1.807) is 22.1 Å². The number of hydrogen-bond acceptors (Lipinski definition) is 6. The van der Waals surface area contributed by atoms with Crippen LogP contribution in [0.4, 0.5) is 0 Å². The first-order chi connectivity index (χ1) is 15.3. The van der Waals surface area contributed by atoms with E-state index in [2.05, 4.69) is 15.2 Å². The van der Waals surface area contributed by atoms with Crippen LogP contribution in [0.15, 0.2) is 17.6 Å². The second kappa shape index (κ2) is 9.48. The summed E-state index contributed by atoms with van der Waals surface area (Å²) in [6.45, 7) is 2.55. The maximum Gasteiger partial charge on any atom is 0.290 e. The molecular formula is C21H33N5O5S. The summed E-state index contributed by atoms with van der Waals surface area (Å²) in [6.07, 6.45) is 9.71. The van der Waals surface area contributed by atoms with Crippen LogP contribution in [0.5, 0.6) is 0 Å². The Labute approximate surface area is 189 Å². The second-order valence-corrected chi connectivity index (χ2v) is 11.3. The molecule has 3 saturated heterocycles. The first-order valence-electron chi connectivity index (χ1n) is 11.4. The van der Waals surface area contributed by atoms with E-state index in [4.69, 9.17) is 9.90 Å². The van der Waals surface area contributed by atoms with Crippen molar-refractivity contribution in [1.82, 2.24) is 24.1 Å². The van der Waals surface area contributed by atoms with E-state index < -0.39 is 10.0 Å². The van der Waals surface area contributed by atoms with Gasteiger partial charge >= 0.3 is 0 Å². The van der Waals surface area contributed by atoms with Gasteiger partial charge < -0.3 is 15.0 Å². The highest BCUT2D eigenvalue weighted by molar-refractivity contribution is 7.89. The topological polar surface area (TPSA) is 125 Å². The fourth-order valence-electron chi connectivity index (χ4n) is 5.69. The number of sulfonamides is 1. The Morgan fingerprint density at radius 3 is 2.62 bits per heavy atom. The predicted octanol–water partition coefficient (Wildman–Crippen LogP) is 0.511. The van der Waals surface area contributed by atoms with Gasteiger partial charge in [-0.2, -0.15) is 4.31 Å². The van der Waals surface area contributed by atoms with Crippen LogP contribution >= 0.6 is 0 Å². The summed E-state index contributed by atoms with van der Waals surface area (Å²) in [5.74, 6) is 0.995. The van der Waals surface area contributed by atoms with Gasteiger partial charge in [-0.25, -0.2) is 13.4 Å². The average molecular weight is 468 g/mol. The van der Waals surface area contributed by atoms with Gasteiger partial charge in [-0.3, -0.25) is 14.5 Å². The number of amides is 1. The summed E-state index contributed by atoms with van der Waals surface area (Å²) in [6, 6.07) is 0.644. The van der Waals surface area contributed by atoms with Gasteiger partial charge in [-0.1, -0.05) is 6.42 Å². The SMILES string of the molecule is Cn1cnc(S(=O)(=O)N2C[C@H]3C[C@@H](C2)[C@H](CNC(=O)C2CC2)N2CCCC[C@@H]32)c1.O=CO. The van der Waals surface area contributed by atoms with Gasteiger partial charge in [0.25, 0.3) is 16.5 Å². The average Bonchev–Trinajstić information content (AvgIpc) is 3.54. The molecule has 2 N–H and O–H groups in total. The van der Waals surface area contributed by atoms with Crippen molar-refractivity contribution >= 4 is 22.4 Å². The number of carbonyl (C=O) groups is 2. The molecule has 4 aliphatic rings. The van der Waals surface area contributed by atoms with E-state index in [0.29, 0.717) is 31.6 Å². The highest BCUT2D eigenvalue weighted by Gasteiger charge is 2.49. The summed E-state index contributed by atoms with van der Waals surface area (Å²) in [5.41, 5.74) is 0. The first-order valence-corrected chi connectivity index (χ1v) is 12.9. The number of carbonyl (C=O) groups excluding carboxylic acids is 1. The molecule has 178 valence electrons. The van der Waals surface area contributed by atoms with Crippen molar-refractivity contribution in [2.24, 2.45) is 24.8 Å². The number of carboxylic acid groups (broad SMARTS) is 1. The summed E-state index contributed by atoms with van der Waals surface area (Å²) in [7, 11) is -1.80. The molecule has 32 heavy (non-hydrogen) atoms. The Balaban J connectivity index is 0.000000775. The minimum Gasteiger partial charge on any atom is -0.483 e. The minimum atomic E-state index is -3.58. The van der Waals surface area contributed by atoms with Gasteiger partial charge in [-0.05, 0) is 50.5 Å². The number of aryl methyl sites for hydroxylation is 1. The normalized spacial score (nSPS) is 30.5. The van der Waals surface area contributed by atoms with Crippen LogP contribution in [0.1, 0.15) is 38.5 Å². The maximum absolute atomic E-state index is 13.2. The third kappa shape index (κ3) is 4.69. The molecule has 0 spiro atoms. The Morgan fingerprint density at radius 1 is 1.25 bits per heavy atom. The van der Waals surface area contributed by atoms with Gasteiger partial charge in [0.1, 0.15) is 0 Å². The third-order valence-corrected chi connectivity index (χ3v) is 9.02. The summed E-state index contributed by atoms with van der Waals surface area (Å²) < 4.78 is 29.8. The summed E-state index contributed by atoms with van der Waals surface area (Å²) in [4.78, 5) is 27.3. The summed E-state index contributed by atoms with van der Waals surface area (Å²) >= 11 is 0. The van der Waals surface area contributed by atoms with Crippen molar-refractivity contribution in [2.45, 2.75) is 55.6 Å². The predicted molar refractivity (Wildman–Crippen MR) is 116 cm³/mol. The fourth-order valence-corrected chi connectivity index (χ4v) is 7.21. The molecule has 5 rings (SSSR count). The maximum atomic E-state index is 13.2. The van der Waals surface area contributed by atoms with Crippen LogP contribution in [-0.4, -0.2) is 82.9 Å². The lowest BCUT2D eigenvalue weighted by Gasteiger charge is -2.56. The largest absolute Gasteiger partial charge is 0.483 e. The Hall–Kier alpha value is -1.98. The molecule has 1 aromatic rings. The first kappa shape index (κ1) is 23.2. The molecule has 0 unspecified atom stereocenters. The molecule has 4 fully saturated rings. The van der Waals surface area contributed by atoms with Crippen LogP contribution in [0.3, 0.4) is 0 Å². The second-order valence-electron chi connectivity index (χ2n) is 9.45. The van der Waals surface area contributed by atoms with Crippen molar-refractivity contribution in [2.75, 3.05) is 26.2 Å². The van der Waals surface area contributed by atoms with Crippen LogP contribution in [0.25, 0.3) is 0 Å². The molecular weight excluding hydrogens is 434 g/mol. The van der Waals surface area contributed by atoms with Crippen molar-refractivity contribution in [1.29, 1.82) is 0 Å². The zero-order chi connectivity index (χ0) is 22.9. The zero-order valence-corrected chi connectivity index (χ0v) is 19.3. The molecule has 10 nitrogen and oxygen atoms in total. The fraction of sp³-hybridized carbons (Fsp3) is 0.762. The molecule has 0 radical (unpaired) electrons. The molecule has 4 heterocycles. The number of nitrogens with zero attached hydrogens (tertiary/aromatic N) is 4. The van der Waals surface area contributed by atoms with E-state index in [-0.39, 0.29) is 35.3 Å². The zero-order valence-electron chi connectivity index (χ0n) is 18.5. The number of nitrogens with one attached hydrogen (secondary N) is 1. The van der Waals surface area contributed by atoms with Crippen molar-refractivity contribution < 1.29 is 23.1 Å². The van der Waals surface area contributed by atoms with Gasteiger partial charge in [0.15, 0.2) is 5.03 Å². The highest BCUT2D eigenvalue weighted by atomic mass is 32.2. The molecule has 1 amide bonds. The lowest BCUT2D eigenvalue weighted by molar-refractivity contribution is -0.124. The number of hydrogen-bond donors (Lipinski definition) is 2. The molecule has 11 heteroatoms. The lowest BCUT2D eigenvalue weighted by atomic mass is 9.73. The Kier molecular flexibility index (Phi) is 6.87. The minimum absolute atomic E-state index is 0.138. The smallest absolute Gasteiger partial charge is 0.290 e. The van der Waals surface area contributed by atoms with E-state index in [1.165, 1.54) is 19.2 Å². The van der Waals surface area contributed by atoms with Gasteiger partial charge in [-0.15, -0.1) is 0 Å². The lowest BCUT2D eigenvalue weighted by Crippen LogP contribution is -2.66. The van der Waals surface area contributed by atoms with Crippen molar-refractivity contribution in [3.8, 4) is 0 Å². The molecule has 1 saturated carbocycles. The van der Waals surface area contributed by atoms with Crippen LogP contribution in [0, 0.1) is 17.8 Å². The van der Waals surface area contributed by atoms with Gasteiger partial charge in [0.05, 0.1) is 6.33 Å². The van der Waals surface area contributed by atoms with E-state index >= 15 is 0 Å². The van der Waals surface area contributed by atoms with Crippen LogP contribution in [0.2, 0.25) is 0 Å². The van der Waals surface area contributed by atoms with E-state index in [0.717, 1.165) is 32.2 Å². The highest BCUT2D eigenvalue weighted by Crippen LogP contribution is 2.42. The Morgan fingerprint density at radius 2 is 1.97 bits per heavy atom. The summed E-state index contributed by atoms with van der Waals surface area (Å²) in [5, 5.41) is 10.2. The molecule has 4 atom stereocenters. The third-order valence-electron chi connectivity index (χ3n) is 7.31. The molecule has 1 aromatic heterocycles. The molecule has 1 aliphatic carbocycles. The van der Waals surface area contributed by atoms with Crippen LogP contribution < -0.4 is 5.32 Å². The molecule has 0 aromatic carbocycles. The number of aromatic nitrogens is 2. The van der Waals surface area contributed by atoms with Crippen molar-refractivity contribution in [3.05, 3.63) is 12.5 Å². The Bertz CT molecular complexity index is 931.